The normalized spacial score (nSPS) is 10.4. The number of carbonyl (C=O) groups is 1. The van der Waals surface area contributed by atoms with E-state index in [-0.39, 0.29) is 18.1 Å². The van der Waals surface area contributed by atoms with Gasteiger partial charge in [-0.1, -0.05) is 12.1 Å². The highest BCUT2D eigenvalue weighted by atomic mass is 127. The van der Waals surface area contributed by atoms with Gasteiger partial charge in [0, 0.05) is 6.42 Å². The number of para-hydroxylation sites is 1. The second-order valence-corrected chi connectivity index (χ2v) is 4.34. The van der Waals surface area contributed by atoms with E-state index in [1.807, 2.05) is 22.6 Å². The molecule has 0 aromatic heterocycles. The van der Waals surface area contributed by atoms with E-state index in [4.69, 9.17) is 0 Å². The molecule has 0 N–H and O–H groups in total. The Morgan fingerprint density at radius 2 is 2.18 bits per heavy atom. The Hall–Kier alpha value is -0.920. The van der Waals surface area contributed by atoms with Crippen LogP contribution in [-0.2, 0) is 16.0 Å². The minimum absolute atomic E-state index is 0.131. The lowest BCUT2D eigenvalue weighted by Gasteiger charge is -2.12. The lowest BCUT2D eigenvalue weighted by Crippen LogP contribution is -2.08. The topological polar surface area (TPSA) is 35.5 Å². The van der Waals surface area contributed by atoms with Crippen molar-refractivity contribution in [3.63, 3.8) is 0 Å². The minimum atomic E-state index is -2.87. The third-order valence-corrected chi connectivity index (χ3v) is 2.93. The molecule has 0 heterocycles. The van der Waals surface area contributed by atoms with Crippen molar-refractivity contribution in [2.45, 2.75) is 19.5 Å². The van der Waals surface area contributed by atoms with Gasteiger partial charge in [0.05, 0.1) is 10.7 Å². The van der Waals surface area contributed by atoms with E-state index in [0.717, 1.165) is 0 Å². The van der Waals surface area contributed by atoms with Crippen LogP contribution in [0.15, 0.2) is 18.2 Å². The maximum atomic E-state index is 12.2. The summed E-state index contributed by atoms with van der Waals surface area (Å²) in [5.41, 5.74) is 0.572. The van der Waals surface area contributed by atoms with Crippen molar-refractivity contribution in [3.8, 4) is 5.75 Å². The molecule has 0 unspecified atom stereocenters. The molecule has 0 aliphatic heterocycles. The highest BCUT2D eigenvalue weighted by Gasteiger charge is 2.14. The Labute approximate surface area is 111 Å². The molecule has 0 radical (unpaired) electrons. The maximum Gasteiger partial charge on any atom is 0.387 e. The molecule has 0 bridgehead atoms. The Morgan fingerprint density at radius 1 is 1.47 bits per heavy atom. The monoisotopic (exact) mass is 356 g/mol. The number of benzene rings is 1. The average Bonchev–Trinajstić information content (AvgIpc) is 2.29. The van der Waals surface area contributed by atoms with Crippen LogP contribution < -0.4 is 4.74 Å². The Kier molecular flexibility index (Phi) is 5.60. The van der Waals surface area contributed by atoms with E-state index in [0.29, 0.717) is 15.6 Å². The number of hydrogen-bond acceptors (Lipinski definition) is 3. The van der Waals surface area contributed by atoms with Crippen molar-refractivity contribution in [2.24, 2.45) is 0 Å². The molecule has 94 valence electrons. The molecule has 0 aliphatic carbocycles. The summed E-state index contributed by atoms with van der Waals surface area (Å²) < 4.78 is 34.0. The van der Waals surface area contributed by atoms with Crippen LogP contribution in [0.1, 0.15) is 12.0 Å². The van der Waals surface area contributed by atoms with Crippen molar-refractivity contribution in [1.82, 2.24) is 0 Å². The summed E-state index contributed by atoms with van der Waals surface area (Å²) in [5, 5.41) is 0. The second kappa shape index (κ2) is 6.73. The zero-order chi connectivity index (χ0) is 12.8. The van der Waals surface area contributed by atoms with E-state index in [2.05, 4.69) is 9.47 Å². The molecule has 1 aromatic rings. The van der Waals surface area contributed by atoms with E-state index in [9.17, 15) is 13.6 Å². The zero-order valence-electron chi connectivity index (χ0n) is 9.08. The molecule has 1 rings (SSSR count). The van der Waals surface area contributed by atoms with Crippen LogP contribution in [0.4, 0.5) is 8.78 Å². The number of rotatable bonds is 5. The third kappa shape index (κ3) is 4.45. The van der Waals surface area contributed by atoms with Gasteiger partial charge in [-0.05, 0) is 40.6 Å². The van der Waals surface area contributed by atoms with Gasteiger partial charge in [0.15, 0.2) is 0 Å². The van der Waals surface area contributed by atoms with Crippen LogP contribution in [0, 0.1) is 3.57 Å². The molecule has 3 nitrogen and oxygen atoms in total. The number of alkyl halides is 2. The number of aryl methyl sites for hydroxylation is 1. The van der Waals surface area contributed by atoms with Crippen LogP contribution >= 0.6 is 22.6 Å². The van der Waals surface area contributed by atoms with Gasteiger partial charge in [-0.25, -0.2) is 0 Å². The van der Waals surface area contributed by atoms with E-state index in [1.165, 1.54) is 7.11 Å². The second-order valence-electron chi connectivity index (χ2n) is 3.18. The summed E-state index contributed by atoms with van der Waals surface area (Å²) in [7, 11) is 1.29. The molecule has 0 amide bonds. The van der Waals surface area contributed by atoms with Crippen molar-refractivity contribution < 1.29 is 23.0 Å². The SMILES string of the molecule is COC(=O)CCc1cccc(I)c1OC(F)F. The fourth-order valence-corrected chi connectivity index (χ4v) is 1.99. The van der Waals surface area contributed by atoms with E-state index in [1.54, 1.807) is 18.2 Å². The van der Waals surface area contributed by atoms with Crippen molar-refractivity contribution >= 4 is 28.6 Å². The number of esters is 1. The van der Waals surface area contributed by atoms with Crippen LogP contribution in [0.25, 0.3) is 0 Å². The van der Waals surface area contributed by atoms with Crippen molar-refractivity contribution in [2.75, 3.05) is 7.11 Å². The van der Waals surface area contributed by atoms with Crippen LogP contribution in [0.2, 0.25) is 0 Å². The Bertz CT molecular complexity index is 396. The molecular formula is C11H11F2IO3. The fourth-order valence-electron chi connectivity index (χ4n) is 1.31. The number of hydrogen-bond donors (Lipinski definition) is 0. The van der Waals surface area contributed by atoms with Gasteiger partial charge in [-0.15, -0.1) is 0 Å². The first-order valence-corrected chi connectivity index (χ1v) is 5.91. The maximum absolute atomic E-state index is 12.2. The zero-order valence-corrected chi connectivity index (χ0v) is 11.2. The standard InChI is InChI=1S/C11H11F2IO3/c1-16-9(15)6-5-7-3-2-4-8(14)10(7)17-11(12)13/h2-4,11H,5-6H2,1H3. The number of halogens is 3. The molecule has 17 heavy (non-hydrogen) atoms. The number of ether oxygens (including phenoxy) is 2. The lowest BCUT2D eigenvalue weighted by atomic mass is 10.1. The van der Waals surface area contributed by atoms with Crippen molar-refractivity contribution in [1.29, 1.82) is 0 Å². The van der Waals surface area contributed by atoms with E-state index < -0.39 is 6.61 Å². The summed E-state index contributed by atoms with van der Waals surface area (Å²) in [6.07, 6.45) is 0.446. The van der Waals surface area contributed by atoms with Crippen LogP contribution in [-0.4, -0.2) is 19.7 Å². The first-order chi connectivity index (χ1) is 8.04. The molecule has 0 saturated carbocycles. The van der Waals surface area contributed by atoms with Gasteiger partial charge in [0.2, 0.25) is 0 Å². The molecule has 0 fully saturated rings. The number of methoxy groups -OCH3 is 1. The van der Waals surface area contributed by atoms with Gasteiger partial charge in [-0.2, -0.15) is 8.78 Å². The number of carbonyl (C=O) groups excluding carboxylic acids is 1. The first kappa shape index (κ1) is 14.1. The summed E-state index contributed by atoms with van der Waals surface area (Å²) in [6, 6.07) is 5.05. The predicted molar refractivity (Wildman–Crippen MR) is 66.1 cm³/mol. The lowest BCUT2D eigenvalue weighted by molar-refractivity contribution is -0.140. The molecular weight excluding hydrogens is 345 g/mol. The molecule has 0 spiro atoms. The first-order valence-electron chi connectivity index (χ1n) is 4.83. The predicted octanol–water partition coefficient (Wildman–Crippen LogP) is 3.00. The molecule has 1 aromatic carbocycles. The van der Waals surface area contributed by atoms with E-state index >= 15 is 0 Å². The summed E-state index contributed by atoms with van der Waals surface area (Å²) in [5.74, 6) is -0.251. The molecule has 0 saturated heterocycles. The highest BCUT2D eigenvalue weighted by molar-refractivity contribution is 14.1. The van der Waals surface area contributed by atoms with Crippen LogP contribution in [0.3, 0.4) is 0 Å². The largest absolute Gasteiger partial charge is 0.469 e. The fraction of sp³-hybridized carbons (Fsp3) is 0.364. The molecule has 0 aliphatic rings. The average molecular weight is 356 g/mol. The summed E-state index contributed by atoms with van der Waals surface area (Å²) >= 11 is 1.91. The highest BCUT2D eigenvalue weighted by Crippen LogP contribution is 2.28. The quantitative estimate of drug-likeness (QED) is 0.601. The molecule has 6 heteroatoms. The smallest absolute Gasteiger partial charge is 0.387 e. The van der Waals surface area contributed by atoms with Gasteiger partial charge < -0.3 is 9.47 Å². The summed E-state index contributed by atoms with van der Waals surface area (Å²) in [6.45, 7) is -2.87. The third-order valence-electron chi connectivity index (χ3n) is 2.08. The molecule has 0 atom stereocenters. The van der Waals surface area contributed by atoms with Gasteiger partial charge in [0.1, 0.15) is 5.75 Å². The van der Waals surface area contributed by atoms with Crippen molar-refractivity contribution in [3.05, 3.63) is 27.3 Å². The summed E-state index contributed by atoms with van der Waals surface area (Å²) in [4.78, 5) is 11.0. The minimum Gasteiger partial charge on any atom is -0.469 e. The Balaban J connectivity index is 2.82. The Morgan fingerprint density at radius 3 is 2.76 bits per heavy atom. The van der Waals surface area contributed by atoms with Gasteiger partial charge >= 0.3 is 12.6 Å². The van der Waals surface area contributed by atoms with Gasteiger partial charge in [0.25, 0.3) is 0 Å². The van der Waals surface area contributed by atoms with Crippen LogP contribution in [0.5, 0.6) is 5.75 Å². The van der Waals surface area contributed by atoms with Gasteiger partial charge in [-0.3, -0.25) is 4.79 Å².